The lowest BCUT2D eigenvalue weighted by atomic mass is 10.0. The summed E-state index contributed by atoms with van der Waals surface area (Å²) in [6.45, 7) is 0. The fourth-order valence-electron chi connectivity index (χ4n) is 4.07. The van der Waals surface area contributed by atoms with Gasteiger partial charge in [0.2, 0.25) is 5.91 Å². The lowest BCUT2D eigenvalue weighted by Crippen LogP contribution is -2.14. The van der Waals surface area contributed by atoms with Gasteiger partial charge >= 0.3 is 0 Å². The summed E-state index contributed by atoms with van der Waals surface area (Å²) < 4.78 is 7.58. The molecule has 1 aliphatic carbocycles. The molecule has 0 radical (unpaired) electrons. The van der Waals surface area contributed by atoms with Crippen LogP contribution < -0.4 is 5.32 Å². The zero-order valence-corrected chi connectivity index (χ0v) is 16.7. The van der Waals surface area contributed by atoms with Gasteiger partial charge in [0.05, 0.1) is 18.7 Å². The second kappa shape index (κ2) is 7.05. The van der Waals surface area contributed by atoms with Crippen molar-refractivity contribution in [2.45, 2.75) is 25.3 Å². The molecule has 2 heterocycles. The van der Waals surface area contributed by atoms with Crippen molar-refractivity contribution in [3.05, 3.63) is 72.5 Å². The van der Waals surface area contributed by atoms with Crippen molar-refractivity contribution in [2.75, 3.05) is 5.32 Å². The second-order valence-electron chi connectivity index (χ2n) is 7.90. The van der Waals surface area contributed by atoms with Crippen LogP contribution in [0.1, 0.15) is 24.4 Å². The number of aromatic nitrogens is 4. The molecule has 0 spiro atoms. The molecule has 0 atom stereocenters. The van der Waals surface area contributed by atoms with Gasteiger partial charge in [0.1, 0.15) is 5.58 Å². The Hall–Kier alpha value is -4.00. The number of fused-ring (bicyclic) bond motifs is 3. The molecule has 0 aliphatic heterocycles. The predicted octanol–water partition coefficient (Wildman–Crippen LogP) is 4.76. The number of nitrogens with zero attached hydrogens (tertiary/aromatic N) is 4. The van der Waals surface area contributed by atoms with Gasteiger partial charge in [-0.2, -0.15) is 0 Å². The molecular formula is C24H19N5O2. The average molecular weight is 409 g/mol. The Bertz CT molecular complexity index is 1430. The van der Waals surface area contributed by atoms with Crippen molar-refractivity contribution >= 4 is 33.3 Å². The highest BCUT2D eigenvalue weighted by Gasteiger charge is 2.28. The number of carbonyl (C=O) groups excluding carboxylic acids is 1. The van der Waals surface area contributed by atoms with E-state index in [2.05, 4.69) is 33.0 Å². The smallest absolute Gasteiger partial charge is 0.228 e. The van der Waals surface area contributed by atoms with E-state index in [9.17, 15) is 4.79 Å². The third-order valence-corrected chi connectivity index (χ3v) is 5.68. The van der Waals surface area contributed by atoms with Crippen molar-refractivity contribution in [2.24, 2.45) is 0 Å². The molecule has 5 aromatic rings. The summed E-state index contributed by atoms with van der Waals surface area (Å²) in [5.41, 5.74) is 3.26. The number of rotatable bonds is 5. The minimum absolute atomic E-state index is 0.102. The van der Waals surface area contributed by atoms with Crippen LogP contribution in [0.4, 0.5) is 5.69 Å². The number of anilines is 1. The van der Waals surface area contributed by atoms with Gasteiger partial charge in [0.25, 0.3) is 0 Å². The van der Waals surface area contributed by atoms with E-state index in [0.717, 1.165) is 51.5 Å². The molecule has 1 fully saturated rings. The number of carbonyl (C=O) groups is 1. The van der Waals surface area contributed by atoms with E-state index >= 15 is 0 Å². The van der Waals surface area contributed by atoms with E-state index < -0.39 is 0 Å². The number of amides is 1. The molecule has 2 aromatic heterocycles. The highest BCUT2D eigenvalue weighted by molar-refractivity contribution is 6.09. The number of hydrogen-bond acceptors (Lipinski definition) is 5. The van der Waals surface area contributed by atoms with Crippen LogP contribution in [0, 0.1) is 0 Å². The first-order valence-electron chi connectivity index (χ1n) is 10.3. The second-order valence-corrected chi connectivity index (χ2v) is 7.90. The molecule has 0 saturated heterocycles. The van der Waals surface area contributed by atoms with Gasteiger partial charge in [-0.1, -0.05) is 42.5 Å². The number of furan rings is 1. The maximum Gasteiger partial charge on any atom is 0.228 e. The topological polar surface area (TPSA) is 85.8 Å². The molecule has 0 unspecified atom stereocenters. The van der Waals surface area contributed by atoms with E-state index in [1.54, 1.807) is 6.26 Å². The number of hydrogen-bond donors (Lipinski definition) is 1. The van der Waals surface area contributed by atoms with Crippen LogP contribution >= 0.6 is 0 Å². The predicted molar refractivity (Wildman–Crippen MR) is 118 cm³/mol. The van der Waals surface area contributed by atoms with Crippen molar-refractivity contribution in [1.82, 2.24) is 20.2 Å². The minimum atomic E-state index is -0.102. The van der Waals surface area contributed by atoms with Crippen LogP contribution in [0.3, 0.4) is 0 Å². The molecule has 31 heavy (non-hydrogen) atoms. The van der Waals surface area contributed by atoms with E-state index in [4.69, 9.17) is 4.42 Å². The molecule has 3 aromatic carbocycles. The molecule has 0 bridgehead atoms. The molecule has 7 nitrogen and oxygen atoms in total. The normalized spacial score (nSPS) is 13.7. The first-order chi connectivity index (χ1) is 15.3. The summed E-state index contributed by atoms with van der Waals surface area (Å²) in [4.78, 5) is 12.8. The van der Waals surface area contributed by atoms with Gasteiger partial charge in [0, 0.05) is 22.2 Å². The molecule has 1 amide bonds. The molecule has 1 N–H and O–H groups in total. The van der Waals surface area contributed by atoms with Gasteiger partial charge < -0.3 is 9.73 Å². The number of nitrogens with one attached hydrogen (secondary N) is 1. The Kier molecular flexibility index (Phi) is 4.06. The van der Waals surface area contributed by atoms with Crippen molar-refractivity contribution in [3.8, 4) is 11.4 Å². The van der Waals surface area contributed by atoms with Crippen LogP contribution in [0.5, 0.6) is 0 Å². The summed E-state index contributed by atoms with van der Waals surface area (Å²) in [6, 6.07) is 20.1. The van der Waals surface area contributed by atoms with Crippen molar-refractivity contribution < 1.29 is 9.21 Å². The average Bonchev–Trinajstić information content (AvgIpc) is 3.37. The third-order valence-electron chi connectivity index (χ3n) is 5.68. The van der Waals surface area contributed by atoms with E-state index in [1.807, 2.05) is 53.2 Å². The molecule has 7 heteroatoms. The van der Waals surface area contributed by atoms with E-state index in [-0.39, 0.29) is 12.3 Å². The summed E-state index contributed by atoms with van der Waals surface area (Å²) >= 11 is 0. The number of benzene rings is 3. The van der Waals surface area contributed by atoms with Crippen molar-refractivity contribution in [3.63, 3.8) is 0 Å². The number of tetrazole rings is 1. The maximum absolute atomic E-state index is 12.8. The monoisotopic (exact) mass is 409 g/mol. The highest BCUT2D eigenvalue weighted by atomic mass is 16.3. The van der Waals surface area contributed by atoms with Gasteiger partial charge in [0.15, 0.2) is 5.82 Å². The van der Waals surface area contributed by atoms with Crippen LogP contribution in [-0.4, -0.2) is 26.1 Å². The van der Waals surface area contributed by atoms with Crippen LogP contribution in [0.25, 0.3) is 33.1 Å². The van der Waals surface area contributed by atoms with Crippen LogP contribution in [-0.2, 0) is 11.2 Å². The summed E-state index contributed by atoms with van der Waals surface area (Å²) in [5, 5.41) is 18.3. The van der Waals surface area contributed by atoms with Gasteiger partial charge in [-0.3, -0.25) is 4.79 Å². The fraction of sp³-hybridized carbons (Fsp3) is 0.167. The van der Waals surface area contributed by atoms with Crippen molar-refractivity contribution in [1.29, 1.82) is 0 Å². The van der Waals surface area contributed by atoms with Crippen LogP contribution in [0.2, 0.25) is 0 Å². The summed E-state index contributed by atoms with van der Waals surface area (Å²) in [5.74, 6) is 0.625. The first-order valence-corrected chi connectivity index (χ1v) is 10.3. The molecule has 1 aliphatic rings. The SMILES string of the molecule is O=C(Cc1coc2ccc3ccccc3c12)Nc1cccc(-c2nnnn2C2CC2)c1. The van der Waals surface area contributed by atoms with Gasteiger partial charge in [-0.05, 0) is 52.2 Å². The molecule has 1 saturated carbocycles. The lowest BCUT2D eigenvalue weighted by molar-refractivity contribution is -0.115. The van der Waals surface area contributed by atoms with Gasteiger partial charge in [-0.15, -0.1) is 5.10 Å². The Morgan fingerprint density at radius 1 is 1.10 bits per heavy atom. The first kappa shape index (κ1) is 17.8. The Morgan fingerprint density at radius 3 is 2.90 bits per heavy atom. The fourth-order valence-corrected chi connectivity index (χ4v) is 4.07. The zero-order valence-electron chi connectivity index (χ0n) is 16.7. The quantitative estimate of drug-likeness (QED) is 0.452. The largest absolute Gasteiger partial charge is 0.464 e. The maximum atomic E-state index is 12.8. The Morgan fingerprint density at radius 2 is 2.00 bits per heavy atom. The van der Waals surface area contributed by atoms with E-state index in [1.165, 1.54) is 0 Å². The summed E-state index contributed by atoms with van der Waals surface area (Å²) in [6.07, 6.45) is 4.10. The van der Waals surface area contributed by atoms with Crippen LogP contribution in [0.15, 0.2) is 71.3 Å². The molecule has 152 valence electrons. The lowest BCUT2D eigenvalue weighted by Gasteiger charge is -2.08. The van der Waals surface area contributed by atoms with E-state index in [0.29, 0.717) is 11.7 Å². The molecule has 6 rings (SSSR count). The Labute approximate surface area is 177 Å². The Balaban J connectivity index is 1.26. The third kappa shape index (κ3) is 3.24. The van der Waals surface area contributed by atoms with Gasteiger partial charge in [-0.25, -0.2) is 4.68 Å². The standard InChI is InChI=1S/C24H19N5O2/c30-22(13-17-14-31-21-11-8-15-4-1-2-7-20(15)23(17)21)25-18-6-3-5-16(12-18)24-26-27-28-29(24)19-9-10-19/h1-8,11-12,14,19H,9-10,13H2,(H,25,30). The highest BCUT2D eigenvalue weighted by Crippen LogP contribution is 2.37. The zero-order chi connectivity index (χ0) is 20.8. The molecular weight excluding hydrogens is 390 g/mol. The minimum Gasteiger partial charge on any atom is -0.464 e. The summed E-state index contributed by atoms with van der Waals surface area (Å²) in [7, 11) is 0.